The monoisotopic (exact) mass is 363 g/mol. The Balaban J connectivity index is 2.07. The van der Waals surface area contributed by atoms with E-state index in [1.807, 2.05) is 19.9 Å². The van der Waals surface area contributed by atoms with E-state index in [1.54, 1.807) is 0 Å². The van der Waals surface area contributed by atoms with Crippen molar-refractivity contribution in [2.24, 2.45) is 0 Å². The van der Waals surface area contributed by atoms with Crippen molar-refractivity contribution < 1.29 is 8.42 Å². The lowest BCUT2D eigenvalue weighted by atomic mass is 10.4. The maximum atomic E-state index is 12.7. The Labute approximate surface area is 144 Å². The van der Waals surface area contributed by atoms with Crippen molar-refractivity contribution in [3.63, 3.8) is 0 Å². The molecule has 0 amide bonds. The van der Waals surface area contributed by atoms with Gasteiger partial charge in [0.15, 0.2) is 0 Å². The fourth-order valence-electron chi connectivity index (χ4n) is 2.26. The Morgan fingerprint density at radius 2 is 1.83 bits per heavy atom. The molecule has 0 bridgehead atoms. The van der Waals surface area contributed by atoms with Crippen LogP contribution in [0.5, 0.6) is 0 Å². The van der Waals surface area contributed by atoms with Gasteiger partial charge in [-0.05, 0) is 44.2 Å². The minimum atomic E-state index is -3.83. The molecule has 2 heterocycles. The Morgan fingerprint density at radius 1 is 1.17 bits per heavy atom. The van der Waals surface area contributed by atoms with Gasteiger partial charge in [-0.15, -0.1) is 0 Å². The third-order valence-corrected chi connectivity index (χ3v) is 5.42. The van der Waals surface area contributed by atoms with Crippen molar-refractivity contribution in [2.75, 3.05) is 5.73 Å². The molecule has 0 unspecified atom stereocenters. The molecule has 0 aliphatic rings. The van der Waals surface area contributed by atoms with Crippen LogP contribution in [-0.4, -0.2) is 28.2 Å². The summed E-state index contributed by atoms with van der Waals surface area (Å²) in [5, 5.41) is 4.70. The predicted octanol–water partition coefficient (Wildman–Crippen LogP) is 2.35. The molecule has 3 rings (SSSR count). The predicted molar refractivity (Wildman–Crippen MR) is 89.9 cm³/mol. The molecule has 3 aromatic rings. The van der Waals surface area contributed by atoms with E-state index in [0.29, 0.717) is 5.02 Å². The first kappa shape index (κ1) is 16.4. The standard InChI is InChI=1S/C15H14ClN5O2S/c1-9-7-10(2)21(20-9)15-18-8-13(14(17)19-15)24(22,23)12-5-3-11(16)4-6-12/h3-8H,1-2H3,(H2,17,18,19). The van der Waals surface area contributed by atoms with Crippen molar-refractivity contribution in [3.8, 4) is 5.95 Å². The Bertz CT molecular complexity index is 1010. The lowest BCUT2D eigenvalue weighted by Gasteiger charge is -2.09. The molecule has 124 valence electrons. The van der Waals surface area contributed by atoms with Crippen LogP contribution in [0, 0.1) is 13.8 Å². The van der Waals surface area contributed by atoms with Gasteiger partial charge in [-0.2, -0.15) is 10.1 Å². The van der Waals surface area contributed by atoms with Crippen molar-refractivity contribution in [3.05, 3.63) is 52.9 Å². The maximum absolute atomic E-state index is 12.7. The van der Waals surface area contributed by atoms with E-state index < -0.39 is 9.84 Å². The zero-order valence-electron chi connectivity index (χ0n) is 12.9. The first-order valence-electron chi connectivity index (χ1n) is 6.96. The van der Waals surface area contributed by atoms with Crippen LogP contribution in [0.25, 0.3) is 5.95 Å². The highest BCUT2D eigenvalue weighted by atomic mass is 35.5. The summed E-state index contributed by atoms with van der Waals surface area (Å²) in [6, 6.07) is 7.67. The third-order valence-electron chi connectivity index (χ3n) is 3.38. The van der Waals surface area contributed by atoms with Gasteiger partial charge in [0.1, 0.15) is 10.7 Å². The molecule has 2 aromatic heterocycles. The molecule has 7 nitrogen and oxygen atoms in total. The van der Waals surface area contributed by atoms with E-state index in [0.717, 1.165) is 11.4 Å². The van der Waals surface area contributed by atoms with Gasteiger partial charge in [0.25, 0.3) is 5.95 Å². The lowest BCUT2D eigenvalue weighted by molar-refractivity contribution is 0.595. The second kappa shape index (κ2) is 5.88. The second-order valence-electron chi connectivity index (χ2n) is 5.22. The molecular weight excluding hydrogens is 350 g/mol. The molecule has 0 saturated carbocycles. The molecule has 0 atom stereocenters. The third kappa shape index (κ3) is 2.85. The Morgan fingerprint density at radius 3 is 2.38 bits per heavy atom. The van der Waals surface area contributed by atoms with Gasteiger partial charge < -0.3 is 5.73 Å². The number of nitrogen functional groups attached to an aromatic ring is 1. The number of anilines is 1. The van der Waals surface area contributed by atoms with E-state index in [-0.39, 0.29) is 21.6 Å². The zero-order valence-corrected chi connectivity index (χ0v) is 14.5. The van der Waals surface area contributed by atoms with Gasteiger partial charge in [0, 0.05) is 10.7 Å². The van der Waals surface area contributed by atoms with Gasteiger partial charge in [0.05, 0.1) is 16.8 Å². The number of hydrogen-bond acceptors (Lipinski definition) is 6. The summed E-state index contributed by atoms with van der Waals surface area (Å²) in [6.45, 7) is 3.68. The molecule has 9 heteroatoms. The number of benzene rings is 1. The van der Waals surface area contributed by atoms with Crippen LogP contribution in [-0.2, 0) is 9.84 Å². The average molecular weight is 364 g/mol. The molecule has 0 radical (unpaired) electrons. The minimum absolute atomic E-state index is 0.0704. The van der Waals surface area contributed by atoms with Crippen LogP contribution in [0.4, 0.5) is 5.82 Å². The Hall–Kier alpha value is -2.45. The topological polar surface area (TPSA) is 104 Å². The first-order valence-corrected chi connectivity index (χ1v) is 8.82. The minimum Gasteiger partial charge on any atom is -0.382 e. The molecule has 0 aliphatic heterocycles. The van der Waals surface area contributed by atoms with Crippen LogP contribution in [0.15, 0.2) is 46.3 Å². The molecule has 0 aliphatic carbocycles. The number of aryl methyl sites for hydroxylation is 2. The van der Waals surface area contributed by atoms with Gasteiger partial charge in [-0.25, -0.2) is 18.1 Å². The van der Waals surface area contributed by atoms with E-state index in [9.17, 15) is 8.42 Å². The smallest absolute Gasteiger partial charge is 0.252 e. The maximum Gasteiger partial charge on any atom is 0.252 e. The highest BCUT2D eigenvalue weighted by Gasteiger charge is 2.23. The summed E-state index contributed by atoms with van der Waals surface area (Å²) in [4.78, 5) is 8.10. The van der Waals surface area contributed by atoms with Gasteiger partial charge in [-0.3, -0.25) is 0 Å². The normalized spacial score (nSPS) is 11.6. The summed E-state index contributed by atoms with van der Waals surface area (Å²) >= 11 is 5.79. The van der Waals surface area contributed by atoms with Gasteiger partial charge in [0.2, 0.25) is 9.84 Å². The lowest BCUT2D eigenvalue weighted by Crippen LogP contribution is -2.12. The van der Waals surface area contributed by atoms with Crippen LogP contribution in [0.2, 0.25) is 5.02 Å². The number of aromatic nitrogens is 4. The number of halogens is 1. The summed E-state index contributed by atoms with van der Waals surface area (Å²) < 4.78 is 26.8. The molecule has 24 heavy (non-hydrogen) atoms. The number of rotatable bonds is 3. The molecular formula is C15H14ClN5O2S. The SMILES string of the molecule is Cc1cc(C)n(-c2ncc(S(=O)(=O)c3ccc(Cl)cc3)c(N)n2)n1. The quantitative estimate of drug-likeness (QED) is 0.766. The molecule has 2 N–H and O–H groups in total. The van der Waals surface area contributed by atoms with Crippen molar-refractivity contribution in [1.29, 1.82) is 0 Å². The first-order chi connectivity index (χ1) is 11.3. The van der Waals surface area contributed by atoms with Crippen LogP contribution in [0.1, 0.15) is 11.4 Å². The highest BCUT2D eigenvalue weighted by molar-refractivity contribution is 7.91. The van der Waals surface area contributed by atoms with E-state index in [4.69, 9.17) is 17.3 Å². The second-order valence-corrected chi connectivity index (χ2v) is 7.57. The van der Waals surface area contributed by atoms with Crippen LogP contribution < -0.4 is 5.73 Å². The number of sulfone groups is 1. The summed E-state index contributed by atoms with van der Waals surface area (Å²) in [5.41, 5.74) is 7.49. The van der Waals surface area contributed by atoms with Crippen LogP contribution >= 0.6 is 11.6 Å². The highest BCUT2D eigenvalue weighted by Crippen LogP contribution is 2.25. The average Bonchev–Trinajstić information content (AvgIpc) is 2.86. The number of nitrogens with zero attached hydrogens (tertiary/aromatic N) is 4. The van der Waals surface area contributed by atoms with Crippen molar-refractivity contribution in [1.82, 2.24) is 19.7 Å². The molecule has 0 spiro atoms. The van der Waals surface area contributed by atoms with E-state index >= 15 is 0 Å². The van der Waals surface area contributed by atoms with Crippen molar-refractivity contribution in [2.45, 2.75) is 23.6 Å². The molecule has 1 aromatic carbocycles. The molecule has 0 fully saturated rings. The van der Waals surface area contributed by atoms with E-state index in [1.165, 1.54) is 35.1 Å². The fourth-order valence-corrected chi connectivity index (χ4v) is 3.64. The molecule has 0 saturated heterocycles. The largest absolute Gasteiger partial charge is 0.382 e. The summed E-state index contributed by atoms with van der Waals surface area (Å²) in [6.07, 6.45) is 1.19. The number of nitrogens with two attached hydrogens (primary N) is 1. The summed E-state index contributed by atoms with van der Waals surface area (Å²) in [7, 11) is -3.83. The fraction of sp³-hybridized carbons (Fsp3) is 0.133. The zero-order chi connectivity index (χ0) is 17.5. The Kier molecular flexibility index (Phi) is 4.02. The summed E-state index contributed by atoms with van der Waals surface area (Å²) in [5.74, 6) is 0.0793. The number of hydrogen-bond donors (Lipinski definition) is 1. The van der Waals surface area contributed by atoms with Crippen LogP contribution in [0.3, 0.4) is 0 Å². The van der Waals surface area contributed by atoms with Gasteiger partial charge >= 0.3 is 0 Å². The van der Waals surface area contributed by atoms with Gasteiger partial charge in [-0.1, -0.05) is 11.6 Å². The van der Waals surface area contributed by atoms with Crippen molar-refractivity contribution >= 4 is 27.3 Å². The van der Waals surface area contributed by atoms with E-state index in [2.05, 4.69) is 15.1 Å².